The number of hydrogen-bond donors (Lipinski definition) is 1. The minimum absolute atomic E-state index is 0.823. The van der Waals surface area contributed by atoms with E-state index < -0.39 is 0 Å². The monoisotopic (exact) mass is 277 g/mol. The highest BCUT2D eigenvalue weighted by Crippen LogP contribution is 2.27. The third-order valence-corrected chi connectivity index (χ3v) is 4.29. The van der Waals surface area contributed by atoms with Crippen LogP contribution < -0.4 is 5.73 Å². The molecular weight excluding hydrogens is 262 g/mol. The zero-order valence-corrected chi connectivity index (χ0v) is 11.7. The summed E-state index contributed by atoms with van der Waals surface area (Å²) in [6, 6.07) is 16.1. The van der Waals surface area contributed by atoms with Crippen molar-refractivity contribution in [3.05, 3.63) is 59.1 Å². The van der Waals surface area contributed by atoms with Gasteiger partial charge in [0.1, 0.15) is 0 Å². The molecule has 0 spiro atoms. The summed E-state index contributed by atoms with van der Waals surface area (Å²) in [6.45, 7) is 0. The Labute approximate surface area is 117 Å². The maximum absolute atomic E-state index is 6.10. The number of nitrogens with two attached hydrogens (primary N) is 1. The first-order valence-electron chi connectivity index (χ1n) is 5.97. The Morgan fingerprint density at radius 1 is 1.00 bits per heavy atom. The van der Waals surface area contributed by atoms with Gasteiger partial charge in [0.2, 0.25) is 0 Å². The summed E-state index contributed by atoms with van der Waals surface area (Å²) >= 11 is 7.92. The van der Waals surface area contributed by atoms with E-state index in [1.807, 2.05) is 42.1 Å². The Morgan fingerprint density at radius 3 is 2.44 bits per heavy atom. The lowest BCUT2D eigenvalue weighted by atomic mass is 10.1. The molecule has 0 amide bonds. The molecule has 0 fully saturated rings. The Kier molecular flexibility index (Phi) is 4.97. The molecule has 0 saturated carbocycles. The first-order chi connectivity index (χ1) is 8.75. The van der Waals surface area contributed by atoms with Crippen LogP contribution in [0.15, 0.2) is 53.4 Å². The fraction of sp³-hybridized carbons (Fsp3) is 0.200. The molecule has 0 aliphatic carbocycles. The number of halogens is 1. The molecule has 18 heavy (non-hydrogen) atoms. The lowest BCUT2D eigenvalue weighted by Gasteiger charge is -2.04. The highest BCUT2D eigenvalue weighted by atomic mass is 35.5. The molecule has 0 aromatic heterocycles. The SMILES string of the molecule is Nc1ccc(CCCSc2ccccc2Cl)cc1. The molecule has 2 aromatic rings. The summed E-state index contributed by atoms with van der Waals surface area (Å²) < 4.78 is 0. The van der Waals surface area contributed by atoms with Gasteiger partial charge in [-0.15, -0.1) is 11.8 Å². The predicted molar refractivity (Wildman–Crippen MR) is 81.4 cm³/mol. The van der Waals surface area contributed by atoms with Crippen LogP contribution in [-0.2, 0) is 6.42 Å². The average Bonchev–Trinajstić information content (AvgIpc) is 2.39. The largest absolute Gasteiger partial charge is 0.399 e. The van der Waals surface area contributed by atoms with E-state index >= 15 is 0 Å². The van der Waals surface area contributed by atoms with Gasteiger partial charge in [0.15, 0.2) is 0 Å². The number of rotatable bonds is 5. The van der Waals surface area contributed by atoms with Crippen molar-refractivity contribution in [2.75, 3.05) is 11.5 Å². The summed E-state index contributed by atoms with van der Waals surface area (Å²) in [5.74, 6) is 1.08. The Bertz CT molecular complexity index is 496. The molecule has 0 saturated heterocycles. The van der Waals surface area contributed by atoms with E-state index in [2.05, 4.69) is 18.2 Å². The summed E-state index contributed by atoms with van der Waals surface area (Å²) in [5, 5.41) is 0.843. The molecule has 0 bridgehead atoms. The second kappa shape index (κ2) is 6.72. The maximum Gasteiger partial charge on any atom is 0.0541 e. The standard InChI is InChI=1S/C15H16ClNS/c16-14-5-1-2-6-15(14)18-11-3-4-12-7-9-13(17)10-8-12/h1-2,5-10H,3-4,11,17H2. The zero-order chi connectivity index (χ0) is 12.8. The van der Waals surface area contributed by atoms with Gasteiger partial charge in [0, 0.05) is 10.6 Å². The smallest absolute Gasteiger partial charge is 0.0541 e. The van der Waals surface area contributed by atoms with Crippen molar-refractivity contribution in [2.45, 2.75) is 17.7 Å². The molecule has 0 unspecified atom stereocenters. The molecule has 0 aliphatic rings. The van der Waals surface area contributed by atoms with Gasteiger partial charge >= 0.3 is 0 Å². The molecule has 3 heteroatoms. The Balaban J connectivity index is 1.76. The van der Waals surface area contributed by atoms with Crippen molar-refractivity contribution in [3.63, 3.8) is 0 Å². The molecule has 0 heterocycles. The van der Waals surface area contributed by atoms with Crippen LogP contribution in [-0.4, -0.2) is 5.75 Å². The van der Waals surface area contributed by atoms with Crippen LogP contribution in [0.4, 0.5) is 5.69 Å². The van der Waals surface area contributed by atoms with Gasteiger partial charge in [-0.3, -0.25) is 0 Å². The Hall–Kier alpha value is -1.12. The predicted octanol–water partition coefficient (Wildman–Crippen LogP) is 4.65. The molecule has 2 aromatic carbocycles. The van der Waals surface area contributed by atoms with Gasteiger partial charge in [-0.2, -0.15) is 0 Å². The van der Waals surface area contributed by atoms with E-state index in [-0.39, 0.29) is 0 Å². The number of benzene rings is 2. The number of nitrogen functional groups attached to an aromatic ring is 1. The van der Waals surface area contributed by atoms with Crippen molar-refractivity contribution in [1.82, 2.24) is 0 Å². The first-order valence-corrected chi connectivity index (χ1v) is 7.34. The van der Waals surface area contributed by atoms with Crippen LogP contribution in [0.5, 0.6) is 0 Å². The quantitative estimate of drug-likeness (QED) is 0.489. The normalized spacial score (nSPS) is 10.5. The number of hydrogen-bond acceptors (Lipinski definition) is 2. The van der Waals surface area contributed by atoms with Gasteiger partial charge in [0.25, 0.3) is 0 Å². The highest BCUT2D eigenvalue weighted by Gasteiger charge is 1.99. The topological polar surface area (TPSA) is 26.0 Å². The van der Waals surface area contributed by atoms with Gasteiger partial charge < -0.3 is 5.73 Å². The third kappa shape index (κ3) is 3.97. The van der Waals surface area contributed by atoms with Crippen LogP contribution in [0.25, 0.3) is 0 Å². The van der Waals surface area contributed by atoms with Crippen molar-refractivity contribution in [1.29, 1.82) is 0 Å². The second-order valence-corrected chi connectivity index (χ2v) is 5.67. The molecule has 94 valence electrons. The fourth-order valence-electron chi connectivity index (χ4n) is 1.70. The molecule has 1 nitrogen and oxygen atoms in total. The van der Waals surface area contributed by atoms with Crippen molar-refractivity contribution in [3.8, 4) is 0 Å². The van der Waals surface area contributed by atoms with Crippen LogP contribution in [0, 0.1) is 0 Å². The molecule has 0 aliphatic heterocycles. The molecule has 0 atom stereocenters. The van der Waals surface area contributed by atoms with E-state index in [9.17, 15) is 0 Å². The molecule has 0 radical (unpaired) electrons. The number of aryl methyl sites for hydroxylation is 1. The van der Waals surface area contributed by atoms with Crippen LogP contribution >= 0.6 is 23.4 Å². The van der Waals surface area contributed by atoms with E-state index in [0.717, 1.165) is 34.2 Å². The molecule has 2 N–H and O–H groups in total. The van der Waals surface area contributed by atoms with Crippen molar-refractivity contribution in [2.24, 2.45) is 0 Å². The lowest BCUT2D eigenvalue weighted by molar-refractivity contribution is 0.933. The molecule has 2 rings (SSSR count). The van der Waals surface area contributed by atoms with E-state index in [4.69, 9.17) is 17.3 Å². The minimum Gasteiger partial charge on any atom is -0.399 e. The molecular formula is C15H16ClNS. The van der Waals surface area contributed by atoms with E-state index in [1.54, 1.807) is 0 Å². The van der Waals surface area contributed by atoms with Crippen LogP contribution in [0.2, 0.25) is 5.02 Å². The van der Waals surface area contributed by atoms with Gasteiger partial charge in [-0.25, -0.2) is 0 Å². The fourth-order valence-corrected chi connectivity index (χ4v) is 2.89. The van der Waals surface area contributed by atoms with E-state index in [0.29, 0.717) is 0 Å². The minimum atomic E-state index is 0.823. The zero-order valence-electron chi connectivity index (χ0n) is 10.1. The van der Waals surface area contributed by atoms with Crippen molar-refractivity contribution >= 4 is 29.1 Å². The first kappa shape index (κ1) is 13.3. The average molecular weight is 278 g/mol. The maximum atomic E-state index is 6.10. The van der Waals surface area contributed by atoms with Crippen LogP contribution in [0.1, 0.15) is 12.0 Å². The van der Waals surface area contributed by atoms with Crippen molar-refractivity contribution < 1.29 is 0 Å². The van der Waals surface area contributed by atoms with E-state index in [1.165, 1.54) is 5.56 Å². The number of thioether (sulfide) groups is 1. The Morgan fingerprint density at radius 2 is 1.72 bits per heavy atom. The second-order valence-electron chi connectivity index (χ2n) is 4.12. The van der Waals surface area contributed by atoms with Gasteiger partial charge in [-0.05, 0) is 48.4 Å². The van der Waals surface area contributed by atoms with Gasteiger partial charge in [-0.1, -0.05) is 35.9 Å². The lowest BCUT2D eigenvalue weighted by Crippen LogP contribution is -1.89. The number of anilines is 1. The third-order valence-electron chi connectivity index (χ3n) is 2.68. The summed E-state index contributed by atoms with van der Waals surface area (Å²) in [4.78, 5) is 1.16. The highest BCUT2D eigenvalue weighted by molar-refractivity contribution is 7.99. The summed E-state index contributed by atoms with van der Waals surface area (Å²) in [6.07, 6.45) is 2.22. The summed E-state index contributed by atoms with van der Waals surface area (Å²) in [5.41, 5.74) is 7.82. The summed E-state index contributed by atoms with van der Waals surface area (Å²) in [7, 11) is 0. The van der Waals surface area contributed by atoms with Crippen LogP contribution in [0.3, 0.4) is 0 Å². The van der Waals surface area contributed by atoms with Gasteiger partial charge in [0.05, 0.1) is 5.02 Å².